The number of aromatic nitrogens is 2. The molecule has 0 N–H and O–H groups in total. The molecule has 174 valence electrons. The lowest BCUT2D eigenvalue weighted by atomic mass is 9.84. The molecule has 0 bridgehead atoms. The summed E-state index contributed by atoms with van der Waals surface area (Å²) in [5.74, 6) is 3.10. The van der Waals surface area contributed by atoms with Gasteiger partial charge in [-0.05, 0) is 42.9 Å². The fraction of sp³-hybridized carbons (Fsp3) is 0.226. The number of aryl methyl sites for hydroxylation is 3. The van der Waals surface area contributed by atoms with Gasteiger partial charge in [0.15, 0.2) is 23.1 Å². The van der Waals surface area contributed by atoms with Gasteiger partial charge in [0.2, 0.25) is 0 Å². The van der Waals surface area contributed by atoms with Crippen LogP contribution in [0.15, 0.2) is 66.9 Å². The van der Waals surface area contributed by atoms with Gasteiger partial charge >= 0.3 is 0 Å². The van der Waals surface area contributed by atoms with Gasteiger partial charge in [0.05, 0.1) is 5.69 Å². The maximum absolute atomic E-state index is 6.70. The maximum Gasteiger partial charge on any atom is 0.183 e. The van der Waals surface area contributed by atoms with Crippen molar-refractivity contribution >= 4 is 38.9 Å². The number of ether oxygens (including phenoxy) is 1. The lowest BCUT2D eigenvalue weighted by molar-refractivity contribution is 0.482. The molecule has 6 rings (SSSR count). The topological polar surface area (TPSA) is 38.2 Å². The second kappa shape index (κ2) is 7.54. The molecule has 1 aliphatic heterocycles. The zero-order valence-electron chi connectivity index (χ0n) is 21.1. The summed E-state index contributed by atoms with van der Waals surface area (Å²) in [6.45, 7) is 13.2. The first-order valence-corrected chi connectivity index (χ1v) is 12.1. The predicted octanol–water partition coefficient (Wildman–Crippen LogP) is 8.58. The molecule has 0 radical (unpaired) electrons. The SMILES string of the molecule is Cc1cc(C(C)(C)C)cc(C)c1N1c2ncc3ccccc3c2Oc2c1nc(C)c1ccccc21. The molecule has 3 heterocycles. The summed E-state index contributed by atoms with van der Waals surface area (Å²) in [6, 6.07) is 21.2. The minimum Gasteiger partial charge on any atom is -0.448 e. The van der Waals surface area contributed by atoms with Crippen molar-refractivity contribution < 1.29 is 4.74 Å². The van der Waals surface area contributed by atoms with Crippen molar-refractivity contribution in [2.24, 2.45) is 0 Å². The van der Waals surface area contributed by atoms with Crippen LogP contribution >= 0.6 is 0 Å². The Morgan fingerprint density at radius 2 is 1.34 bits per heavy atom. The van der Waals surface area contributed by atoms with Crippen LogP contribution in [0.2, 0.25) is 0 Å². The number of hydrogen-bond acceptors (Lipinski definition) is 4. The highest BCUT2D eigenvalue weighted by Crippen LogP contribution is 2.54. The molecule has 0 amide bonds. The van der Waals surface area contributed by atoms with Crippen LogP contribution in [0.25, 0.3) is 21.5 Å². The number of hydrogen-bond donors (Lipinski definition) is 0. The summed E-state index contributed by atoms with van der Waals surface area (Å²) in [4.78, 5) is 12.2. The monoisotopic (exact) mass is 459 g/mol. The number of pyridine rings is 2. The summed E-state index contributed by atoms with van der Waals surface area (Å²) in [5.41, 5.74) is 5.84. The minimum absolute atomic E-state index is 0.0639. The molecule has 0 aliphatic carbocycles. The Morgan fingerprint density at radius 3 is 2.03 bits per heavy atom. The lowest BCUT2D eigenvalue weighted by Gasteiger charge is -2.34. The number of benzene rings is 3. The van der Waals surface area contributed by atoms with E-state index in [2.05, 4.69) is 95.0 Å². The Labute approximate surface area is 206 Å². The highest BCUT2D eigenvalue weighted by atomic mass is 16.5. The molecule has 0 saturated carbocycles. The van der Waals surface area contributed by atoms with Crippen LogP contribution in [0.5, 0.6) is 11.5 Å². The molecule has 0 atom stereocenters. The predicted molar refractivity (Wildman–Crippen MR) is 145 cm³/mol. The quantitative estimate of drug-likeness (QED) is 0.247. The Kier molecular flexibility index (Phi) is 4.65. The van der Waals surface area contributed by atoms with E-state index >= 15 is 0 Å². The number of rotatable bonds is 1. The van der Waals surface area contributed by atoms with Crippen LogP contribution in [-0.2, 0) is 5.41 Å². The Balaban J connectivity index is 1.72. The summed E-state index contributed by atoms with van der Waals surface area (Å²) < 4.78 is 6.70. The highest BCUT2D eigenvalue weighted by molar-refractivity contribution is 6.02. The Bertz CT molecular complexity index is 1620. The summed E-state index contributed by atoms with van der Waals surface area (Å²) in [5, 5.41) is 4.24. The molecule has 35 heavy (non-hydrogen) atoms. The standard InChI is InChI=1S/C31H29N3O/c1-18-15-22(31(4,5)6)16-19(2)26(18)34-29-27(24-13-8-7-11-21(24)17-32-29)35-28-25-14-10-9-12-23(25)20(3)33-30(28)34/h7-17H,1-6H3. The fourth-order valence-electron chi connectivity index (χ4n) is 5.18. The maximum atomic E-state index is 6.70. The van der Waals surface area contributed by atoms with E-state index in [0.29, 0.717) is 0 Å². The molecule has 0 unspecified atom stereocenters. The molecule has 5 aromatic rings. The van der Waals surface area contributed by atoms with E-state index in [9.17, 15) is 0 Å². The van der Waals surface area contributed by atoms with E-state index in [1.165, 1.54) is 16.7 Å². The zero-order chi connectivity index (χ0) is 24.5. The number of nitrogens with zero attached hydrogens (tertiary/aromatic N) is 3. The van der Waals surface area contributed by atoms with Crippen molar-refractivity contribution in [1.29, 1.82) is 0 Å². The third-order valence-corrected chi connectivity index (χ3v) is 6.98. The molecule has 4 heteroatoms. The van der Waals surface area contributed by atoms with Crippen molar-refractivity contribution in [2.45, 2.75) is 47.0 Å². The molecule has 0 fully saturated rings. The van der Waals surface area contributed by atoms with Crippen molar-refractivity contribution in [3.8, 4) is 11.5 Å². The third-order valence-electron chi connectivity index (χ3n) is 6.98. The van der Waals surface area contributed by atoms with Crippen molar-refractivity contribution in [1.82, 2.24) is 9.97 Å². The average molecular weight is 460 g/mol. The molecule has 2 aromatic heterocycles. The van der Waals surface area contributed by atoms with Crippen LogP contribution in [0.3, 0.4) is 0 Å². The van der Waals surface area contributed by atoms with Gasteiger partial charge in [0.25, 0.3) is 0 Å². The van der Waals surface area contributed by atoms with Crippen LogP contribution in [0.4, 0.5) is 17.3 Å². The van der Waals surface area contributed by atoms with E-state index in [1.54, 1.807) is 0 Å². The second-order valence-corrected chi connectivity index (χ2v) is 10.5. The van der Waals surface area contributed by atoms with E-state index < -0.39 is 0 Å². The molecule has 4 nitrogen and oxygen atoms in total. The van der Waals surface area contributed by atoms with Crippen molar-refractivity contribution in [3.63, 3.8) is 0 Å². The normalized spacial score (nSPS) is 13.0. The molecule has 0 spiro atoms. The van der Waals surface area contributed by atoms with Gasteiger partial charge in [-0.15, -0.1) is 0 Å². The van der Waals surface area contributed by atoms with E-state index in [-0.39, 0.29) is 5.41 Å². The largest absolute Gasteiger partial charge is 0.448 e. The van der Waals surface area contributed by atoms with Gasteiger partial charge in [-0.25, -0.2) is 9.97 Å². The average Bonchev–Trinajstić information content (AvgIpc) is 2.83. The molecule has 1 aliphatic rings. The third kappa shape index (κ3) is 3.28. The smallest absolute Gasteiger partial charge is 0.183 e. The first-order chi connectivity index (χ1) is 16.7. The van der Waals surface area contributed by atoms with Crippen molar-refractivity contribution in [2.75, 3.05) is 4.90 Å². The lowest BCUT2D eigenvalue weighted by Crippen LogP contribution is -2.22. The molecular weight excluding hydrogens is 430 g/mol. The summed E-state index contributed by atoms with van der Waals surface area (Å²) >= 11 is 0. The number of fused-ring (bicyclic) bond motifs is 6. The van der Waals surface area contributed by atoms with Gasteiger partial charge in [0.1, 0.15) is 0 Å². The van der Waals surface area contributed by atoms with E-state index in [0.717, 1.165) is 56.1 Å². The Morgan fingerprint density at radius 1 is 0.743 bits per heavy atom. The van der Waals surface area contributed by atoms with Gasteiger partial charge in [-0.2, -0.15) is 0 Å². The van der Waals surface area contributed by atoms with E-state index in [4.69, 9.17) is 14.7 Å². The summed E-state index contributed by atoms with van der Waals surface area (Å²) in [7, 11) is 0. The second-order valence-electron chi connectivity index (χ2n) is 10.5. The van der Waals surface area contributed by atoms with Gasteiger partial charge in [0, 0.05) is 33.4 Å². The van der Waals surface area contributed by atoms with Gasteiger partial charge < -0.3 is 4.74 Å². The number of anilines is 3. The minimum atomic E-state index is 0.0639. The fourth-order valence-corrected chi connectivity index (χ4v) is 5.18. The van der Waals surface area contributed by atoms with E-state index in [1.807, 2.05) is 18.3 Å². The van der Waals surface area contributed by atoms with Crippen LogP contribution in [0.1, 0.15) is 43.2 Å². The van der Waals surface area contributed by atoms with Crippen LogP contribution in [0, 0.1) is 20.8 Å². The van der Waals surface area contributed by atoms with Gasteiger partial charge in [-0.3, -0.25) is 4.90 Å². The van der Waals surface area contributed by atoms with Crippen LogP contribution in [-0.4, -0.2) is 9.97 Å². The van der Waals surface area contributed by atoms with Gasteiger partial charge in [-0.1, -0.05) is 81.4 Å². The summed E-state index contributed by atoms with van der Waals surface area (Å²) in [6.07, 6.45) is 1.93. The highest BCUT2D eigenvalue weighted by Gasteiger charge is 2.34. The Hall–Kier alpha value is -3.92. The first kappa shape index (κ1) is 21.6. The van der Waals surface area contributed by atoms with Crippen LogP contribution < -0.4 is 9.64 Å². The molecule has 3 aromatic carbocycles. The first-order valence-electron chi connectivity index (χ1n) is 12.1. The zero-order valence-corrected chi connectivity index (χ0v) is 21.1. The molecule has 0 saturated heterocycles. The van der Waals surface area contributed by atoms with Crippen molar-refractivity contribution in [3.05, 3.63) is 89.2 Å². The molecular formula is C31H29N3O.